The number of rotatable bonds is 9. The van der Waals surface area contributed by atoms with E-state index in [2.05, 4.69) is 27.0 Å². The first-order chi connectivity index (χ1) is 15.7. The van der Waals surface area contributed by atoms with Gasteiger partial charge < -0.3 is 24.1 Å². The molecule has 1 saturated heterocycles. The zero-order valence-corrected chi connectivity index (χ0v) is 19.1. The van der Waals surface area contributed by atoms with Gasteiger partial charge in [-0.05, 0) is 18.4 Å². The molecule has 1 fully saturated rings. The van der Waals surface area contributed by atoms with Gasteiger partial charge in [0.2, 0.25) is 5.91 Å². The number of methoxy groups -OCH3 is 2. The molecule has 3 aromatic rings. The van der Waals surface area contributed by atoms with Crippen molar-refractivity contribution in [3.8, 4) is 22.8 Å². The highest BCUT2D eigenvalue weighted by Crippen LogP contribution is 2.29. The number of anilines is 1. The molecule has 0 bridgehead atoms. The van der Waals surface area contributed by atoms with Crippen LogP contribution in [0.2, 0.25) is 0 Å². The molecule has 2 aromatic carbocycles. The van der Waals surface area contributed by atoms with E-state index in [1.165, 1.54) is 11.8 Å². The van der Waals surface area contributed by atoms with Crippen LogP contribution >= 0.6 is 11.8 Å². The van der Waals surface area contributed by atoms with Crippen molar-refractivity contribution in [3.63, 3.8) is 0 Å². The number of hydrogen-bond acceptors (Lipinski definition) is 6. The van der Waals surface area contributed by atoms with E-state index in [-0.39, 0.29) is 17.8 Å². The molecule has 0 radical (unpaired) electrons. The Bertz CT molecular complexity index is 1030. The Morgan fingerprint density at radius 3 is 2.59 bits per heavy atom. The van der Waals surface area contributed by atoms with Crippen molar-refractivity contribution >= 4 is 23.4 Å². The van der Waals surface area contributed by atoms with Crippen molar-refractivity contribution < 1.29 is 19.0 Å². The van der Waals surface area contributed by atoms with Crippen LogP contribution < -0.4 is 14.8 Å². The molecule has 1 aliphatic rings. The van der Waals surface area contributed by atoms with Crippen LogP contribution in [-0.2, 0) is 16.1 Å². The average Bonchev–Trinajstić information content (AvgIpc) is 3.48. The molecule has 0 aliphatic carbocycles. The molecule has 1 unspecified atom stereocenters. The van der Waals surface area contributed by atoms with Crippen molar-refractivity contribution in [2.24, 2.45) is 0 Å². The second kappa shape index (κ2) is 10.6. The van der Waals surface area contributed by atoms with E-state index in [4.69, 9.17) is 14.2 Å². The minimum Gasteiger partial charge on any atom is -0.497 e. The Kier molecular flexibility index (Phi) is 7.34. The first kappa shape index (κ1) is 22.2. The van der Waals surface area contributed by atoms with Crippen molar-refractivity contribution in [2.45, 2.75) is 30.6 Å². The van der Waals surface area contributed by atoms with E-state index in [0.717, 1.165) is 42.4 Å². The van der Waals surface area contributed by atoms with E-state index in [1.54, 1.807) is 32.4 Å². The summed E-state index contributed by atoms with van der Waals surface area (Å²) in [4.78, 5) is 17.3. The summed E-state index contributed by atoms with van der Waals surface area (Å²) in [5.74, 6) is 1.34. The molecule has 0 saturated carbocycles. The average molecular weight is 454 g/mol. The molecule has 168 valence electrons. The summed E-state index contributed by atoms with van der Waals surface area (Å²) in [7, 11) is 3.16. The summed E-state index contributed by atoms with van der Waals surface area (Å²) < 4.78 is 18.6. The largest absolute Gasteiger partial charge is 0.497 e. The first-order valence-corrected chi connectivity index (χ1v) is 11.5. The Morgan fingerprint density at radius 1 is 1.19 bits per heavy atom. The third kappa shape index (κ3) is 5.44. The van der Waals surface area contributed by atoms with E-state index in [0.29, 0.717) is 17.2 Å². The number of imidazole rings is 1. The predicted octanol–water partition coefficient (Wildman–Crippen LogP) is 4.48. The van der Waals surface area contributed by atoms with Gasteiger partial charge >= 0.3 is 0 Å². The Morgan fingerprint density at radius 2 is 1.94 bits per heavy atom. The fourth-order valence-corrected chi connectivity index (χ4v) is 4.48. The third-order valence-electron chi connectivity index (χ3n) is 5.27. The van der Waals surface area contributed by atoms with Crippen LogP contribution in [0.4, 0.5) is 5.69 Å². The van der Waals surface area contributed by atoms with Gasteiger partial charge in [-0.1, -0.05) is 42.1 Å². The highest BCUT2D eigenvalue weighted by Gasteiger charge is 2.21. The number of carbonyl (C=O) groups is 1. The smallest absolute Gasteiger partial charge is 0.234 e. The lowest BCUT2D eigenvalue weighted by Crippen LogP contribution is -2.18. The summed E-state index contributed by atoms with van der Waals surface area (Å²) in [5, 5.41) is 3.71. The van der Waals surface area contributed by atoms with Crippen LogP contribution in [0.5, 0.6) is 11.5 Å². The fraction of sp³-hybridized carbons (Fsp3) is 0.333. The standard InChI is InChI=1S/C24H27N3O4S/c1-29-20-11-18(12-21(13-20)30-2)26-23(28)16-32-24-25-14-22(17-7-4-3-5-8-17)27(24)15-19-9-6-10-31-19/h3-5,7-8,11-14,19H,6,9-10,15-16H2,1-2H3,(H,26,28). The lowest BCUT2D eigenvalue weighted by atomic mass is 10.1. The quantitative estimate of drug-likeness (QED) is 0.482. The van der Waals surface area contributed by atoms with Crippen molar-refractivity contribution in [3.05, 3.63) is 54.7 Å². The van der Waals surface area contributed by atoms with Gasteiger partial charge in [-0.2, -0.15) is 0 Å². The van der Waals surface area contributed by atoms with Crippen LogP contribution in [0.25, 0.3) is 11.3 Å². The van der Waals surface area contributed by atoms with Crippen LogP contribution in [0, 0.1) is 0 Å². The second-order valence-electron chi connectivity index (χ2n) is 7.48. The molecular weight excluding hydrogens is 426 g/mol. The molecule has 1 N–H and O–H groups in total. The van der Waals surface area contributed by atoms with Crippen LogP contribution in [0.1, 0.15) is 12.8 Å². The van der Waals surface area contributed by atoms with Gasteiger partial charge in [-0.15, -0.1) is 0 Å². The minimum absolute atomic E-state index is 0.127. The van der Waals surface area contributed by atoms with Gasteiger partial charge in [0.25, 0.3) is 0 Å². The number of aromatic nitrogens is 2. The third-order valence-corrected chi connectivity index (χ3v) is 6.26. The number of amides is 1. The number of benzene rings is 2. The van der Waals surface area contributed by atoms with Gasteiger partial charge in [0.1, 0.15) is 11.5 Å². The molecule has 1 aromatic heterocycles. The lowest BCUT2D eigenvalue weighted by Gasteiger charge is -2.16. The lowest BCUT2D eigenvalue weighted by molar-refractivity contribution is -0.113. The molecule has 7 nitrogen and oxygen atoms in total. The second-order valence-corrected chi connectivity index (χ2v) is 8.42. The van der Waals surface area contributed by atoms with E-state index < -0.39 is 0 Å². The Labute approximate surface area is 192 Å². The zero-order chi connectivity index (χ0) is 22.3. The fourth-order valence-electron chi connectivity index (χ4n) is 3.69. The van der Waals surface area contributed by atoms with Gasteiger partial charge in [-0.25, -0.2) is 4.98 Å². The van der Waals surface area contributed by atoms with Gasteiger partial charge in [0.15, 0.2) is 5.16 Å². The number of nitrogens with zero attached hydrogens (tertiary/aromatic N) is 2. The van der Waals surface area contributed by atoms with Crippen LogP contribution in [0.15, 0.2) is 59.9 Å². The number of nitrogens with one attached hydrogen (secondary N) is 1. The van der Waals surface area contributed by atoms with E-state index in [1.807, 2.05) is 24.4 Å². The normalized spacial score (nSPS) is 15.5. The Balaban J connectivity index is 1.47. The maximum atomic E-state index is 12.6. The number of ether oxygens (including phenoxy) is 3. The highest BCUT2D eigenvalue weighted by molar-refractivity contribution is 7.99. The van der Waals surface area contributed by atoms with Crippen molar-refractivity contribution in [2.75, 3.05) is 31.9 Å². The molecule has 2 heterocycles. The van der Waals surface area contributed by atoms with E-state index in [9.17, 15) is 4.79 Å². The summed E-state index contributed by atoms with van der Waals surface area (Å²) in [6, 6.07) is 15.5. The monoisotopic (exact) mass is 453 g/mol. The number of thioether (sulfide) groups is 1. The molecule has 32 heavy (non-hydrogen) atoms. The molecule has 0 spiro atoms. The molecule has 1 atom stereocenters. The van der Waals surface area contributed by atoms with Crippen molar-refractivity contribution in [1.82, 2.24) is 9.55 Å². The highest BCUT2D eigenvalue weighted by atomic mass is 32.2. The zero-order valence-electron chi connectivity index (χ0n) is 18.2. The molecular formula is C24H27N3O4S. The summed E-state index contributed by atoms with van der Waals surface area (Å²) in [6.07, 6.45) is 4.16. The van der Waals surface area contributed by atoms with E-state index >= 15 is 0 Å². The van der Waals surface area contributed by atoms with Gasteiger partial charge in [0.05, 0.1) is 44.5 Å². The molecule has 1 aliphatic heterocycles. The van der Waals surface area contributed by atoms with Gasteiger partial charge in [0, 0.05) is 30.5 Å². The number of carbonyl (C=O) groups excluding carboxylic acids is 1. The maximum absolute atomic E-state index is 12.6. The summed E-state index contributed by atoms with van der Waals surface area (Å²) in [6.45, 7) is 1.52. The maximum Gasteiger partial charge on any atom is 0.234 e. The minimum atomic E-state index is -0.127. The van der Waals surface area contributed by atoms with Crippen molar-refractivity contribution in [1.29, 1.82) is 0 Å². The topological polar surface area (TPSA) is 74.6 Å². The van der Waals surface area contributed by atoms with Gasteiger partial charge in [-0.3, -0.25) is 4.79 Å². The molecule has 4 rings (SSSR count). The van der Waals surface area contributed by atoms with Crippen LogP contribution in [-0.4, -0.2) is 48.1 Å². The summed E-state index contributed by atoms with van der Waals surface area (Å²) in [5.41, 5.74) is 2.75. The number of hydrogen-bond donors (Lipinski definition) is 1. The summed E-state index contributed by atoms with van der Waals surface area (Å²) >= 11 is 1.41. The molecule has 1 amide bonds. The van der Waals surface area contributed by atoms with Crippen LogP contribution in [0.3, 0.4) is 0 Å². The predicted molar refractivity (Wildman–Crippen MR) is 126 cm³/mol. The molecule has 8 heteroatoms. The Hall–Kier alpha value is -2.97. The first-order valence-electron chi connectivity index (χ1n) is 10.5. The SMILES string of the molecule is COc1cc(NC(=O)CSc2ncc(-c3ccccc3)n2CC2CCCO2)cc(OC)c1.